The predicted molar refractivity (Wildman–Crippen MR) is 88.6 cm³/mol. The van der Waals surface area contributed by atoms with E-state index in [1.807, 2.05) is 0 Å². The Morgan fingerprint density at radius 2 is 2.08 bits per heavy atom. The van der Waals surface area contributed by atoms with Crippen molar-refractivity contribution in [1.29, 1.82) is 0 Å². The lowest BCUT2D eigenvalue weighted by atomic mass is 10.1. The van der Waals surface area contributed by atoms with E-state index >= 15 is 0 Å². The van der Waals surface area contributed by atoms with E-state index in [4.69, 9.17) is 11.6 Å². The number of benzene rings is 2. The Hall–Kier alpha value is -2.60. The second-order valence-electron chi connectivity index (χ2n) is 5.54. The number of nitrogens with zero attached hydrogens (tertiary/aromatic N) is 1. The summed E-state index contributed by atoms with van der Waals surface area (Å²) in [6.07, 6.45) is 0.0552. The van der Waals surface area contributed by atoms with Crippen molar-refractivity contribution < 1.29 is 19.1 Å². The number of hydrogen-bond donors (Lipinski definition) is 2. The quantitative estimate of drug-likeness (QED) is 0.895. The van der Waals surface area contributed by atoms with Gasteiger partial charge in [0, 0.05) is 30.4 Å². The van der Waals surface area contributed by atoms with Gasteiger partial charge in [-0.15, -0.1) is 0 Å². The van der Waals surface area contributed by atoms with Crippen molar-refractivity contribution in [3.05, 3.63) is 53.3 Å². The van der Waals surface area contributed by atoms with Gasteiger partial charge in [0.25, 0.3) is 0 Å². The van der Waals surface area contributed by atoms with E-state index in [1.165, 1.54) is 35.2 Å². The van der Waals surface area contributed by atoms with Crippen molar-refractivity contribution in [3.63, 3.8) is 0 Å². The first-order chi connectivity index (χ1) is 11.4. The van der Waals surface area contributed by atoms with Crippen molar-refractivity contribution in [2.24, 2.45) is 5.92 Å². The predicted octanol–water partition coefficient (Wildman–Crippen LogP) is 3.18. The number of amides is 2. The first-order valence-corrected chi connectivity index (χ1v) is 7.67. The highest BCUT2D eigenvalue weighted by Gasteiger charge is 2.35. The van der Waals surface area contributed by atoms with Crippen LogP contribution < -0.4 is 10.2 Å². The highest BCUT2D eigenvalue weighted by molar-refractivity contribution is 6.31. The zero-order valence-electron chi connectivity index (χ0n) is 12.5. The fraction of sp³-hybridized carbons (Fsp3) is 0.176. The molecule has 1 saturated heterocycles. The molecule has 2 aromatic carbocycles. The minimum absolute atomic E-state index is 0.0397. The van der Waals surface area contributed by atoms with Crippen LogP contribution in [0, 0.1) is 11.7 Å². The van der Waals surface area contributed by atoms with Crippen LogP contribution in [0.4, 0.5) is 15.8 Å². The molecule has 1 aliphatic rings. The third kappa shape index (κ3) is 3.33. The minimum atomic E-state index is -0.565. The fourth-order valence-corrected chi connectivity index (χ4v) is 2.79. The van der Waals surface area contributed by atoms with E-state index in [9.17, 15) is 19.1 Å². The maximum absolute atomic E-state index is 13.2. The Morgan fingerprint density at radius 3 is 2.79 bits per heavy atom. The molecule has 5 nitrogen and oxygen atoms in total. The van der Waals surface area contributed by atoms with Crippen LogP contribution in [0.15, 0.2) is 42.5 Å². The summed E-state index contributed by atoms with van der Waals surface area (Å²) in [6, 6.07) is 10.2. The molecule has 0 saturated carbocycles. The summed E-state index contributed by atoms with van der Waals surface area (Å²) in [5.74, 6) is -1.61. The first-order valence-electron chi connectivity index (χ1n) is 7.29. The molecule has 0 spiro atoms. The molecule has 0 bridgehead atoms. The summed E-state index contributed by atoms with van der Waals surface area (Å²) in [5, 5.41) is 12.0. The molecule has 0 aliphatic carbocycles. The van der Waals surface area contributed by atoms with Gasteiger partial charge in [0.2, 0.25) is 11.8 Å². The fourth-order valence-electron chi connectivity index (χ4n) is 2.61. The van der Waals surface area contributed by atoms with Gasteiger partial charge < -0.3 is 15.3 Å². The third-order valence-corrected chi connectivity index (χ3v) is 4.11. The molecule has 0 radical (unpaired) electrons. The number of carbonyl (C=O) groups is 2. The zero-order valence-corrected chi connectivity index (χ0v) is 13.3. The largest absolute Gasteiger partial charge is 0.508 e. The molecule has 3 rings (SSSR count). The number of phenols is 1. The Labute approximate surface area is 142 Å². The van der Waals surface area contributed by atoms with Crippen LogP contribution in [0.5, 0.6) is 5.75 Å². The molecule has 1 heterocycles. The van der Waals surface area contributed by atoms with E-state index < -0.39 is 11.7 Å². The Morgan fingerprint density at radius 1 is 1.29 bits per heavy atom. The van der Waals surface area contributed by atoms with E-state index in [1.54, 1.807) is 12.1 Å². The molecule has 2 aromatic rings. The van der Waals surface area contributed by atoms with Gasteiger partial charge in [-0.25, -0.2) is 4.39 Å². The van der Waals surface area contributed by atoms with Crippen molar-refractivity contribution in [2.45, 2.75) is 6.42 Å². The van der Waals surface area contributed by atoms with Gasteiger partial charge >= 0.3 is 0 Å². The van der Waals surface area contributed by atoms with Gasteiger partial charge in [0.05, 0.1) is 10.9 Å². The number of aromatic hydroxyl groups is 1. The molecular formula is C17H14ClFN2O3. The lowest BCUT2D eigenvalue weighted by molar-refractivity contribution is -0.122. The Bertz CT molecular complexity index is 812. The van der Waals surface area contributed by atoms with E-state index in [0.717, 1.165) is 0 Å². The molecular weight excluding hydrogens is 335 g/mol. The van der Waals surface area contributed by atoms with Gasteiger partial charge in [-0.2, -0.15) is 0 Å². The summed E-state index contributed by atoms with van der Waals surface area (Å²) in [5.41, 5.74) is 0.912. The lowest BCUT2D eigenvalue weighted by Crippen LogP contribution is -2.28. The van der Waals surface area contributed by atoms with Crippen molar-refractivity contribution in [2.75, 3.05) is 16.8 Å². The van der Waals surface area contributed by atoms with Crippen LogP contribution in [-0.2, 0) is 9.59 Å². The topological polar surface area (TPSA) is 69.6 Å². The summed E-state index contributed by atoms with van der Waals surface area (Å²) in [7, 11) is 0. The number of hydrogen-bond acceptors (Lipinski definition) is 3. The number of carbonyl (C=O) groups excluding carboxylic acids is 2. The van der Waals surface area contributed by atoms with Gasteiger partial charge in [0.1, 0.15) is 11.6 Å². The minimum Gasteiger partial charge on any atom is -0.508 e. The van der Waals surface area contributed by atoms with Gasteiger partial charge in [0.15, 0.2) is 0 Å². The van der Waals surface area contributed by atoms with Gasteiger partial charge in [-0.3, -0.25) is 9.59 Å². The lowest BCUT2D eigenvalue weighted by Gasteiger charge is -2.17. The van der Waals surface area contributed by atoms with Gasteiger partial charge in [-0.1, -0.05) is 17.7 Å². The number of rotatable bonds is 3. The molecule has 0 aromatic heterocycles. The molecule has 124 valence electrons. The molecule has 2 amide bonds. The van der Waals surface area contributed by atoms with Crippen LogP contribution >= 0.6 is 11.6 Å². The Kier molecular flexibility index (Phi) is 4.40. The average molecular weight is 349 g/mol. The summed E-state index contributed by atoms with van der Waals surface area (Å²) < 4.78 is 13.2. The standard InChI is InChI=1S/C17H14ClFN2O3/c18-14-8-12(4-5-15(14)19)21-9-10(6-16(21)23)17(24)20-11-2-1-3-13(22)7-11/h1-5,7-8,10,22H,6,9H2,(H,20,24)/t10-/m1/s1. The molecule has 1 atom stereocenters. The van der Waals surface area contributed by atoms with Crippen molar-refractivity contribution >= 4 is 34.8 Å². The highest BCUT2D eigenvalue weighted by Crippen LogP contribution is 2.29. The summed E-state index contributed by atoms with van der Waals surface area (Å²) in [6.45, 7) is 0.186. The molecule has 24 heavy (non-hydrogen) atoms. The maximum atomic E-state index is 13.2. The van der Waals surface area contributed by atoms with Gasteiger partial charge in [-0.05, 0) is 30.3 Å². The van der Waals surface area contributed by atoms with Crippen LogP contribution in [0.2, 0.25) is 5.02 Å². The number of anilines is 2. The number of nitrogens with one attached hydrogen (secondary N) is 1. The van der Waals surface area contributed by atoms with Crippen molar-refractivity contribution in [3.8, 4) is 5.75 Å². The van der Waals surface area contributed by atoms with E-state index in [-0.39, 0.29) is 35.6 Å². The highest BCUT2D eigenvalue weighted by atomic mass is 35.5. The van der Waals surface area contributed by atoms with E-state index in [2.05, 4.69) is 5.32 Å². The van der Waals surface area contributed by atoms with Crippen LogP contribution in [0.3, 0.4) is 0 Å². The number of halogens is 2. The van der Waals surface area contributed by atoms with E-state index in [0.29, 0.717) is 11.4 Å². The Balaban J connectivity index is 1.72. The zero-order chi connectivity index (χ0) is 17.3. The molecule has 1 aliphatic heterocycles. The van der Waals surface area contributed by atoms with Crippen LogP contribution in [0.25, 0.3) is 0 Å². The average Bonchev–Trinajstić information content (AvgIpc) is 2.92. The smallest absolute Gasteiger partial charge is 0.229 e. The second kappa shape index (κ2) is 6.49. The summed E-state index contributed by atoms with van der Waals surface area (Å²) >= 11 is 5.75. The SMILES string of the molecule is O=C(Nc1cccc(O)c1)[C@@H]1CC(=O)N(c2ccc(F)c(Cl)c2)C1. The van der Waals surface area contributed by atoms with Crippen LogP contribution in [0.1, 0.15) is 6.42 Å². The number of phenolic OH excluding ortho intramolecular Hbond substituents is 1. The monoisotopic (exact) mass is 348 g/mol. The molecule has 1 fully saturated rings. The second-order valence-corrected chi connectivity index (χ2v) is 5.95. The normalized spacial score (nSPS) is 17.2. The van der Waals surface area contributed by atoms with Crippen molar-refractivity contribution in [1.82, 2.24) is 0 Å². The van der Waals surface area contributed by atoms with Crippen LogP contribution in [-0.4, -0.2) is 23.5 Å². The first kappa shape index (κ1) is 16.3. The molecule has 2 N–H and O–H groups in total. The maximum Gasteiger partial charge on any atom is 0.229 e. The summed E-state index contributed by atoms with van der Waals surface area (Å²) in [4.78, 5) is 25.9. The third-order valence-electron chi connectivity index (χ3n) is 3.82. The molecule has 7 heteroatoms. The molecule has 0 unspecified atom stereocenters.